The largest absolute Gasteiger partial charge is 0.344 e. The van der Waals surface area contributed by atoms with E-state index in [1.54, 1.807) is 24.5 Å². The second-order valence-electron chi connectivity index (χ2n) is 3.76. The van der Waals surface area contributed by atoms with Gasteiger partial charge in [-0.15, -0.1) is 11.3 Å². The minimum absolute atomic E-state index is 0.245. The van der Waals surface area contributed by atoms with Gasteiger partial charge in [0.1, 0.15) is 0 Å². The van der Waals surface area contributed by atoms with Gasteiger partial charge in [0.25, 0.3) is 0 Å². The lowest BCUT2D eigenvalue weighted by atomic mass is 10.3. The van der Waals surface area contributed by atoms with Gasteiger partial charge in [-0.3, -0.25) is 14.6 Å². The first-order chi connectivity index (χ1) is 9.75. The molecule has 0 spiro atoms. The molecule has 102 valence electrons. The van der Waals surface area contributed by atoms with Crippen LogP contribution in [0.4, 0.5) is 0 Å². The Morgan fingerprint density at radius 3 is 2.90 bits per heavy atom. The molecule has 2 amide bonds. The Morgan fingerprint density at radius 1 is 1.30 bits per heavy atom. The summed E-state index contributed by atoms with van der Waals surface area (Å²) < 4.78 is 0. The van der Waals surface area contributed by atoms with E-state index in [4.69, 9.17) is 0 Å². The van der Waals surface area contributed by atoms with E-state index in [-0.39, 0.29) is 6.54 Å². The third kappa shape index (κ3) is 4.29. The van der Waals surface area contributed by atoms with Crippen LogP contribution < -0.4 is 10.7 Å². The normalized spacial score (nSPS) is 10.4. The van der Waals surface area contributed by atoms with Crippen LogP contribution in [0.1, 0.15) is 10.4 Å². The van der Waals surface area contributed by atoms with Crippen LogP contribution in [-0.4, -0.2) is 23.0 Å². The highest BCUT2D eigenvalue weighted by atomic mass is 32.1. The minimum Gasteiger partial charge on any atom is -0.344 e. The van der Waals surface area contributed by atoms with Gasteiger partial charge in [-0.05, 0) is 23.1 Å². The molecule has 7 heteroatoms. The van der Waals surface area contributed by atoms with Gasteiger partial charge >= 0.3 is 11.8 Å². The Bertz CT molecular complexity index is 596. The number of pyridine rings is 1. The van der Waals surface area contributed by atoms with E-state index in [1.165, 1.54) is 17.6 Å². The topological polar surface area (TPSA) is 83.5 Å². The molecule has 2 N–H and O–H groups in total. The van der Waals surface area contributed by atoms with Crippen molar-refractivity contribution in [3.63, 3.8) is 0 Å². The van der Waals surface area contributed by atoms with E-state index in [2.05, 4.69) is 20.8 Å². The molecule has 2 aromatic rings. The first kappa shape index (κ1) is 13.9. The summed E-state index contributed by atoms with van der Waals surface area (Å²) in [7, 11) is 0. The number of hydrogen-bond donors (Lipinski definition) is 2. The van der Waals surface area contributed by atoms with Gasteiger partial charge in [-0.2, -0.15) is 5.10 Å². The fraction of sp³-hybridized carbons (Fsp3) is 0.0769. The molecule has 0 bridgehead atoms. The number of nitrogens with zero attached hydrogens (tertiary/aromatic N) is 2. The minimum atomic E-state index is -0.804. The van der Waals surface area contributed by atoms with Gasteiger partial charge in [0, 0.05) is 23.8 Å². The highest BCUT2D eigenvalue weighted by Gasteiger charge is 2.11. The number of rotatable bonds is 4. The number of amides is 2. The van der Waals surface area contributed by atoms with Crippen molar-refractivity contribution in [2.45, 2.75) is 6.54 Å². The zero-order valence-electron chi connectivity index (χ0n) is 10.4. The molecule has 0 atom stereocenters. The fourth-order valence-corrected chi connectivity index (χ4v) is 1.92. The molecular formula is C13H12N4O2S. The summed E-state index contributed by atoms with van der Waals surface area (Å²) in [6.45, 7) is 0.245. The average Bonchev–Trinajstić information content (AvgIpc) is 2.99. The number of nitrogens with one attached hydrogen (secondary N) is 2. The molecule has 0 aliphatic rings. The number of carbonyl (C=O) groups excluding carboxylic acids is 2. The van der Waals surface area contributed by atoms with Gasteiger partial charge in [0.2, 0.25) is 0 Å². The maximum absolute atomic E-state index is 11.5. The standard InChI is InChI=1S/C13H12N4O2S/c18-12(15-8-10-3-1-5-14-7-10)13(19)17-16-9-11-4-2-6-20-11/h1-7,9H,8H2,(H,15,18)(H,17,19). The molecule has 2 rings (SSSR count). The number of thiophene rings is 1. The Kier molecular flexibility index (Phi) is 4.96. The van der Waals surface area contributed by atoms with Gasteiger partial charge in [-0.25, -0.2) is 5.43 Å². The van der Waals surface area contributed by atoms with Crippen LogP contribution in [-0.2, 0) is 16.1 Å². The molecule has 0 aliphatic carbocycles. The Labute approximate surface area is 119 Å². The SMILES string of the molecule is O=C(NCc1cccnc1)C(=O)NN=Cc1cccs1. The van der Waals surface area contributed by atoms with Crippen molar-refractivity contribution in [2.75, 3.05) is 0 Å². The molecule has 2 aromatic heterocycles. The second kappa shape index (κ2) is 7.15. The van der Waals surface area contributed by atoms with E-state index in [0.29, 0.717) is 0 Å². The first-order valence-corrected chi connectivity index (χ1v) is 6.67. The number of aromatic nitrogens is 1. The zero-order chi connectivity index (χ0) is 14.2. The van der Waals surface area contributed by atoms with Crippen molar-refractivity contribution in [1.29, 1.82) is 0 Å². The fourth-order valence-electron chi connectivity index (χ4n) is 1.34. The molecule has 0 aliphatic heterocycles. The molecule has 20 heavy (non-hydrogen) atoms. The molecular weight excluding hydrogens is 276 g/mol. The molecule has 2 heterocycles. The Morgan fingerprint density at radius 2 is 2.20 bits per heavy atom. The van der Waals surface area contributed by atoms with E-state index in [1.807, 2.05) is 17.5 Å². The first-order valence-electron chi connectivity index (χ1n) is 5.79. The van der Waals surface area contributed by atoms with E-state index >= 15 is 0 Å². The number of carbonyl (C=O) groups is 2. The van der Waals surface area contributed by atoms with Crippen LogP contribution >= 0.6 is 11.3 Å². The van der Waals surface area contributed by atoms with Gasteiger partial charge in [0.15, 0.2) is 0 Å². The second-order valence-corrected chi connectivity index (χ2v) is 4.74. The van der Waals surface area contributed by atoms with Crippen LogP contribution in [0.25, 0.3) is 0 Å². The highest BCUT2D eigenvalue weighted by molar-refractivity contribution is 7.11. The summed E-state index contributed by atoms with van der Waals surface area (Å²) in [5.41, 5.74) is 2.98. The molecule has 0 radical (unpaired) electrons. The van der Waals surface area contributed by atoms with Crippen LogP contribution in [0.5, 0.6) is 0 Å². The van der Waals surface area contributed by atoms with Crippen LogP contribution in [0.2, 0.25) is 0 Å². The average molecular weight is 288 g/mol. The third-order valence-corrected chi connectivity index (χ3v) is 3.09. The summed E-state index contributed by atoms with van der Waals surface area (Å²) in [6.07, 6.45) is 4.74. The predicted molar refractivity (Wildman–Crippen MR) is 76.1 cm³/mol. The van der Waals surface area contributed by atoms with Crippen molar-refractivity contribution in [3.8, 4) is 0 Å². The van der Waals surface area contributed by atoms with Crippen LogP contribution in [0.3, 0.4) is 0 Å². The molecule has 0 unspecified atom stereocenters. The number of hydrogen-bond acceptors (Lipinski definition) is 5. The van der Waals surface area contributed by atoms with E-state index in [9.17, 15) is 9.59 Å². The molecule has 0 aromatic carbocycles. The van der Waals surface area contributed by atoms with Gasteiger partial charge in [0.05, 0.1) is 6.21 Å². The maximum Gasteiger partial charge on any atom is 0.329 e. The monoisotopic (exact) mass is 288 g/mol. The lowest BCUT2D eigenvalue weighted by Crippen LogP contribution is -2.37. The lowest BCUT2D eigenvalue weighted by Gasteiger charge is -2.03. The summed E-state index contributed by atoms with van der Waals surface area (Å²) in [5, 5.41) is 8.08. The quantitative estimate of drug-likeness (QED) is 0.498. The summed E-state index contributed by atoms with van der Waals surface area (Å²) in [6, 6.07) is 7.28. The lowest BCUT2D eigenvalue weighted by molar-refractivity contribution is -0.139. The van der Waals surface area contributed by atoms with Crippen molar-refractivity contribution in [3.05, 3.63) is 52.5 Å². The summed E-state index contributed by atoms with van der Waals surface area (Å²) in [5.74, 6) is -1.54. The molecule has 0 saturated carbocycles. The molecule has 0 saturated heterocycles. The Hall–Kier alpha value is -2.54. The van der Waals surface area contributed by atoms with E-state index < -0.39 is 11.8 Å². The third-order valence-electron chi connectivity index (χ3n) is 2.28. The van der Waals surface area contributed by atoms with Gasteiger partial charge < -0.3 is 5.32 Å². The van der Waals surface area contributed by atoms with Crippen molar-refractivity contribution >= 4 is 29.4 Å². The maximum atomic E-state index is 11.5. The van der Waals surface area contributed by atoms with Gasteiger partial charge in [-0.1, -0.05) is 12.1 Å². The molecule has 6 nitrogen and oxygen atoms in total. The van der Waals surface area contributed by atoms with Crippen molar-refractivity contribution in [2.24, 2.45) is 5.10 Å². The van der Waals surface area contributed by atoms with Crippen LogP contribution in [0.15, 0.2) is 47.1 Å². The smallest absolute Gasteiger partial charge is 0.329 e. The highest BCUT2D eigenvalue weighted by Crippen LogP contribution is 2.03. The summed E-state index contributed by atoms with van der Waals surface area (Å²) in [4.78, 5) is 27.7. The van der Waals surface area contributed by atoms with Crippen LogP contribution in [0, 0.1) is 0 Å². The number of hydrazone groups is 1. The summed E-state index contributed by atoms with van der Waals surface area (Å²) >= 11 is 1.48. The Balaban J connectivity index is 1.76. The van der Waals surface area contributed by atoms with Crippen molar-refractivity contribution in [1.82, 2.24) is 15.7 Å². The zero-order valence-corrected chi connectivity index (χ0v) is 11.3. The molecule has 0 fully saturated rings. The van der Waals surface area contributed by atoms with E-state index in [0.717, 1.165) is 10.4 Å². The predicted octanol–water partition coefficient (Wildman–Crippen LogP) is 0.910. The van der Waals surface area contributed by atoms with Crippen molar-refractivity contribution < 1.29 is 9.59 Å².